The summed E-state index contributed by atoms with van der Waals surface area (Å²) in [6.07, 6.45) is 1.27. The molecular weight excluding hydrogens is 294 g/mol. The van der Waals surface area contributed by atoms with Crippen molar-refractivity contribution in [2.45, 2.75) is 13.8 Å². The molecule has 110 valence electrons. The minimum Gasteiger partial charge on any atom is -0.364 e. The van der Waals surface area contributed by atoms with Gasteiger partial charge in [0.1, 0.15) is 6.33 Å². The molecule has 2 N–H and O–H groups in total. The Labute approximate surface area is 126 Å². The van der Waals surface area contributed by atoms with E-state index in [2.05, 4.69) is 20.6 Å². The van der Waals surface area contributed by atoms with E-state index in [-0.39, 0.29) is 17.3 Å². The maximum absolute atomic E-state index is 11.3. The van der Waals surface area contributed by atoms with Gasteiger partial charge in [-0.25, -0.2) is 9.97 Å². The highest BCUT2D eigenvalue weighted by Crippen LogP contribution is 2.32. The SMILES string of the molecule is CCNc1ncnc(Nc2cc(Cl)ccc2C)c1[N+](=O)[O-]. The number of aryl methyl sites for hydroxylation is 1. The van der Waals surface area contributed by atoms with Crippen LogP contribution in [0.4, 0.5) is 23.0 Å². The first-order chi connectivity index (χ1) is 10.0. The topological polar surface area (TPSA) is 93.0 Å². The molecule has 1 heterocycles. The van der Waals surface area contributed by atoms with E-state index >= 15 is 0 Å². The normalized spacial score (nSPS) is 10.2. The average Bonchev–Trinajstić information content (AvgIpc) is 2.43. The molecule has 1 aromatic carbocycles. The lowest BCUT2D eigenvalue weighted by Crippen LogP contribution is -2.08. The molecule has 0 atom stereocenters. The van der Waals surface area contributed by atoms with Gasteiger partial charge in [-0.15, -0.1) is 0 Å². The quantitative estimate of drug-likeness (QED) is 0.648. The molecule has 0 amide bonds. The van der Waals surface area contributed by atoms with Crippen LogP contribution in [0, 0.1) is 17.0 Å². The van der Waals surface area contributed by atoms with E-state index in [1.807, 2.05) is 19.9 Å². The van der Waals surface area contributed by atoms with E-state index in [0.717, 1.165) is 5.56 Å². The predicted molar refractivity (Wildman–Crippen MR) is 82.3 cm³/mol. The summed E-state index contributed by atoms with van der Waals surface area (Å²) >= 11 is 5.95. The van der Waals surface area contributed by atoms with Crippen LogP contribution in [0.15, 0.2) is 24.5 Å². The average molecular weight is 308 g/mol. The fraction of sp³-hybridized carbons (Fsp3) is 0.231. The lowest BCUT2D eigenvalue weighted by atomic mass is 10.2. The van der Waals surface area contributed by atoms with E-state index in [0.29, 0.717) is 17.3 Å². The molecule has 2 rings (SSSR count). The fourth-order valence-electron chi connectivity index (χ4n) is 1.80. The highest BCUT2D eigenvalue weighted by atomic mass is 35.5. The van der Waals surface area contributed by atoms with Crippen molar-refractivity contribution in [3.63, 3.8) is 0 Å². The predicted octanol–water partition coefficient (Wildman–Crippen LogP) is 3.52. The number of benzene rings is 1. The van der Waals surface area contributed by atoms with E-state index in [1.54, 1.807) is 12.1 Å². The Bertz CT molecular complexity index is 678. The van der Waals surface area contributed by atoms with Crippen LogP contribution in [-0.2, 0) is 0 Å². The van der Waals surface area contributed by atoms with Crippen LogP contribution in [0.3, 0.4) is 0 Å². The van der Waals surface area contributed by atoms with Crippen molar-refractivity contribution in [1.29, 1.82) is 0 Å². The molecule has 0 bridgehead atoms. The summed E-state index contributed by atoms with van der Waals surface area (Å²) < 4.78 is 0. The second-order valence-corrected chi connectivity index (χ2v) is 4.73. The number of hydrogen-bond donors (Lipinski definition) is 2. The van der Waals surface area contributed by atoms with Crippen molar-refractivity contribution in [2.75, 3.05) is 17.2 Å². The molecular formula is C13H14ClN5O2. The molecule has 21 heavy (non-hydrogen) atoms. The number of anilines is 3. The molecule has 0 aliphatic heterocycles. The van der Waals surface area contributed by atoms with Crippen LogP contribution >= 0.6 is 11.6 Å². The number of hydrogen-bond acceptors (Lipinski definition) is 6. The zero-order valence-electron chi connectivity index (χ0n) is 11.6. The minimum atomic E-state index is -0.514. The molecule has 0 spiro atoms. The van der Waals surface area contributed by atoms with Crippen molar-refractivity contribution in [1.82, 2.24) is 9.97 Å². The van der Waals surface area contributed by atoms with Gasteiger partial charge < -0.3 is 10.6 Å². The van der Waals surface area contributed by atoms with Crippen LogP contribution in [0.5, 0.6) is 0 Å². The van der Waals surface area contributed by atoms with Gasteiger partial charge >= 0.3 is 5.69 Å². The highest BCUT2D eigenvalue weighted by molar-refractivity contribution is 6.30. The molecule has 0 saturated carbocycles. The third kappa shape index (κ3) is 3.38. The molecule has 0 fully saturated rings. The Balaban J connectivity index is 2.46. The van der Waals surface area contributed by atoms with Gasteiger partial charge in [-0.2, -0.15) is 0 Å². The first-order valence-electron chi connectivity index (χ1n) is 6.29. The van der Waals surface area contributed by atoms with Gasteiger partial charge in [0.25, 0.3) is 0 Å². The number of halogens is 1. The largest absolute Gasteiger partial charge is 0.364 e. The lowest BCUT2D eigenvalue weighted by Gasteiger charge is -2.11. The fourth-order valence-corrected chi connectivity index (χ4v) is 1.97. The first kappa shape index (κ1) is 15.0. The first-order valence-corrected chi connectivity index (χ1v) is 6.67. The molecule has 2 aromatic rings. The van der Waals surface area contributed by atoms with Crippen LogP contribution in [0.25, 0.3) is 0 Å². The highest BCUT2D eigenvalue weighted by Gasteiger charge is 2.23. The molecule has 0 unspecified atom stereocenters. The summed E-state index contributed by atoms with van der Waals surface area (Å²) in [4.78, 5) is 18.6. The summed E-state index contributed by atoms with van der Waals surface area (Å²) in [5.74, 6) is 0.302. The Morgan fingerprint density at radius 3 is 2.71 bits per heavy atom. The molecule has 8 heteroatoms. The summed E-state index contributed by atoms with van der Waals surface area (Å²) in [5, 5.41) is 17.6. The minimum absolute atomic E-state index is 0.122. The third-order valence-electron chi connectivity index (χ3n) is 2.80. The van der Waals surface area contributed by atoms with Gasteiger partial charge in [-0.05, 0) is 31.5 Å². The number of nitrogens with one attached hydrogen (secondary N) is 2. The molecule has 1 aromatic heterocycles. The standard InChI is InChI=1S/C13H14ClN5O2/c1-3-15-12-11(19(20)21)13(17-7-16-12)18-10-6-9(14)5-4-8(10)2/h4-7H,3H2,1-2H3,(H2,15,16,17,18). The molecule has 0 radical (unpaired) electrons. The Kier molecular flexibility index (Phi) is 4.54. The van der Waals surface area contributed by atoms with Gasteiger partial charge in [-0.1, -0.05) is 17.7 Å². The number of nitrogens with zero attached hydrogens (tertiary/aromatic N) is 3. The summed E-state index contributed by atoms with van der Waals surface area (Å²) in [6.45, 7) is 4.23. The zero-order valence-corrected chi connectivity index (χ0v) is 12.3. The van der Waals surface area contributed by atoms with Gasteiger partial charge in [0.05, 0.1) is 4.92 Å². The van der Waals surface area contributed by atoms with Gasteiger partial charge in [0, 0.05) is 17.3 Å². The number of aromatic nitrogens is 2. The van der Waals surface area contributed by atoms with E-state index in [1.165, 1.54) is 6.33 Å². The van der Waals surface area contributed by atoms with Crippen LogP contribution < -0.4 is 10.6 Å². The second-order valence-electron chi connectivity index (χ2n) is 4.29. The lowest BCUT2D eigenvalue weighted by molar-refractivity contribution is -0.383. The van der Waals surface area contributed by atoms with Crippen molar-refractivity contribution >= 4 is 34.6 Å². The third-order valence-corrected chi connectivity index (χ3v) is 3.04. The summed E-state index contributed by atoms with van der Waals surface area (Å²) in [7, 11) is 0. The van der Waals surface area contributed by atoms with Crippen molar-refractivity contribution in [3.8, 4) is 0 Å². The van der Waals surface area contributed by atoms with E-state index in [9.17, 15) is 10.1 Å². The van der Waals surface area contributed by atoms with Crippen molar-refractivity contribution in [2.24, 2.45) is 0 Å². The van der Waals surface area contributed by atoms with Crippen LogP contribution in [0.2, 0.25) is 5.02 Å². The van der Waals surface area contributed by atoms with Crippen LogP contribution in [0.1, 0.15) is 12.5 Å². The van der Waals surface area contributed by atoms with Crippen LogP contribution in [-0.4, -0.2) is 21.4 Å². The van der Waals surface area contributed by atoms with E-state index in [4.69, 9.17) is 11.6 Å². The van der Waals surface area contributed by atoms with Gasteiger partial charge in [0.2, 0.25) is 11.6 Å². The number of nitro groups is 1. The Hall–Kier alpha value is -2.41. The maximum atomic E-state index is 11.3. The monoisotopic (exact) mass is 307 g/mol. The molecule has 0 saturated heterocycles. The van der Waals surface area contributed by atoms with Gasteiger partial charge in [0.15, 0.2) is 0 Å². The summed E-state index contributed by atoms with van der Waals surface area (Å²) in [6, 6.07) is 5.26. The van der Waals surface area contributed by atoms with Crippen molar-refractivity contribution < 1.29 is 4.92 Å². The Morgan fingerprint density at radius 2 is 2.05 bits per heavy atom. The second kappa shape index (κ2) is 6.36. The molecule has 7 nitrogen and oxygen atoms in total. The Morgan fingerprint density at radius 1 is 1.33 bits per heavy atom. The molecule has 0 aliphatic carbocycles. The van der Waals surface area contributed by atoms with E-state index < -0.39 is 4.92 Å². The maximum Gasteiger partial charge on any atom is 0.353 e. The zero-order chi connectivity index (χ0) is 15.4. The molecule has 0 aliphatic rings. The smallest absolute Gasteiger partial charge is 0.353 e. The van der Waals surface area contributed by atoms with Crippen molar-refractivity contribution in [3.05, 3.63) is 45.2 Å². The number of rotatable bonds is 5. The van der Waals surface area contributed by atoms with Gasteiger partial charge in [-0.3, -0.25) is 10.1 Å². The summed E-state index contributed by atoms with van der Waals surface area (Å²) in [5.41, 5.74) is 1.36.